The SMILES string of the molecule is CCc1ccccc1CNCC(O)COCCCC(C)C. The van der Waals surface area contributed by atoms with Crippen LogP contribution in [-0.4, -0.2) is 31.0 Å². The third-order valence-corrected chi connectivity index (χ3v) is 3.58. The topological polar surface area (TPSA) is 41.5 Å². The summed E-state index contributed by atoms with van der Waals surface area (Å²) in [5.41, 5.74) is 2.68. The molecular weight excluding hydrogens is 262 g/mol. The smallest absolute Gasteiger partial charge is 0.0897 e. The fraction of sp³-hybridized carbons (Fsp3) is 0.667. The highest BCUT2D eigenvalue weighted by atomic mass is 16.5. The first kappa shape index (κ1) is 18.1. The van der Waals surface area contributed by atoms with Gasteiger partial charge in [0.2, 0.25) is 0 Å². The van der Waals surface area contributed by atoms with Crippen LogP contribution in [0.5, 0.6) is 0 Å². The number of ether oxygens (including phenoxy) is 1. The van der Waals surface area contributed by atoms with Crippen molar-refractivity contribution in [3.63, 3.8) is 0 Å². The summed E-state index contributed by atoms with van der Waals surface area (Å²) in [7, 11) is 0. The van der Waals surface area contributed by atoms with Crippen LogP contribution in [0, 0.1) is 5.92 Å². The lowest BCUT2D eigenvalue weighted by atomic mass is 10.1. The first-order chi connectivity index (χ1) is 10.1. The van der Waals surface area contributed by atoms with Crippen molar-refractivity contribution in [2.45, 2.75) is 52.7 Å². The number of aliphatic hydroxyl groups is 1. The molecule has 0 aromatic heterocycles. The maximum atomic E-state index is 9.87. The van der Waals surface area contributed by atoms with Crippen molar-refractivity contribution in [1.29, 1.82) is 0 Å². The highest BCUT2D eigenvalue weighted by molar-refractivity contribution is 5.26. The van der Waals surface area contributed by atoms with Gasteiger partial charge in [-0.05, 0) is 36.3 Å². The molecule has 1 aromatic rings. The van der Waals surface area contributed by atoms with Gasteiger partial charge in [0.1, 0.15) is 0 Å². The number of aliphatic hydroxyl groups excluding tert-OH is 1. The Labute approximate surface area is 129 Å². The van der Waals surface area contributed by atoms with Gasteiger partial charge in [-0.1, -0.05) is 45.0 Å². The standard InChI is InChI=1S/C18H31NO2/c1-4-16-9-5-6-10-17(16)12-19-13-18(20)14-21-11-7-8-15(2)3/h5-6,9-10,15,18-20H,4,7-8,11-14H2,1-3H3. The van der Waals surface area contributed by atoms with Crippen LogP contribution in [0.25, 0.3) is 0 Å². The quantitative estimate of drug-likeness (QED) is 0.616. The maximum Gasteiger partial charge on any atom is 0.0897 e. The van der Waals surface area contributed by atoms with E-state index in [0.29, 0.717) is 13.2 Å². The number of hydrogen-bond donors (Lipinski definition) is 2. The molecule has 0 aliphatic heterocycles. The van der Waals surface area contributed by atoms with Crippen LogP contribution >= 0.6 is 0 Å². The maximum absolute atomic E-state index is 9.87. The van der Waals surface area contributed by atoms with E-state index < -0.39 is 6.10 Å². The molecule has 1 rings (SSSR count). The Morgan fingerprint density at radius 3 is 2.57 bits per heavy atom. The molecule has 3 nitrogen and oxygen atoms in total. The molecule has 0 heterocycles. The summed E-state index contributed by atoms with van der Waals surface area (Å²) < 4.78 is 5.50. The minimum Gasteiger partial charge on any atom is -0.389 e. The predicted molar refractivity (Wildman–Crippen MR) is 88.4 cm³/mol. The largest absolute Gasteiger partial charge is 0.389 e. The molecule has 0 bridgehead atoms. The molecule has 1 aromatic carbocycles. The molecule has 0 aliphatic carbocycles. The summed E-state index contributed by atoms with van der Waals surface area (Å²) >= 11 is 0. The lowest BCUT2D eigenvalue weighted by Crippen LogP contribution is -2.30. The zero-order chi connectivity index (χ0) is 15.5. The number of aryl methyl sites for hydroxylation is 1. The van der Waals surface area contributed by atoms with Crippen molar-refractivity contribution in [2.24, 2.45) is 5.92 Å². The first-order valence-corrected chi connectivity index (χ1v) is 8.16. The highest BCUT2D eigenvalue weighted by Crippen LogP contribution is 2.08. The predicted octanol–water partition coefficient (Wildman–Crippen LogP) is 3.15. The van der Waals surface area contributed by atoms with Crippen molar-refractivity contribution in [3.05, 3.63) is 35.4 Å². The van der Waals surface area contributed by atoms with Crippen LogP contribution in [0.1, 0.15) is 44.7 Å². The third kappa shape index (κ3) is 8.20. The van der Waals surface area contributed by atoms with E-state index in [4.69, 9.17) is 4.74 Å². The van der Waals surface area contributed by atoms with Crippen molar-refractivity contribution >= 4 is 0 Å². The minimum absolute atomic E-state index is 0.417. The lowest BCUT2D eigenvalue weighted by molar-refractivity contribution is 0.0346. The average Bonchev–Trinajstić information content (AvgIpc) is 2.47. The number of hydrogen-bond acceptors (Lipinski definition) is 3. The Hall–Kier alpha value is -0.900. The van der Waals surface area contributed by atoms with E-state index in [0.717, 1.165) is 31.9 Å². The Balaban J connectivity index is 2.11. The van der Waals surface area contributed by atoms with Gasteiger partial charge < -0.3 is 15.2 Å². The van der Waals surface area contributed by atoms with Crippen LogP contribution in [-0.2, 0) is 17.7 Å². The highest BCUT2D eigenvalue weighted by Gasteiger charge is 2.05. The van der Waals surface area contributed by atoms with Gasteiger partial charge in [0.25, 0.3) is 0 Å². The van der Waals surface area contributed by atoms with E-state index in [1.165, 1.54) is 17.5 Å². The van der Waals surface area contributed by atoms with E-state index in [1.807, 2.05) is 0 Å². The van der Waals surface area contributed by atoms with Crippen molar-refractivity contribution in [3.8, 4) is 0 Å². The van der Waals surface area contributed by atoms with Crippen LogP contribution in [0.4, 0.5) is 0 Å². The normalized spacial score (nSPS) is 12.8. The second-order valence-corrected chi connectivity index (χ2v) is 6.02. The monoisotopic (exact) mass is 293 g/mol. The summed E-state index contributed by atoms with van der Waals surface area (Å²) in [6.07, 6.45) is 2.86. The Morgan fingerprint density at radius 1 is 1.19 bits per heavy atom. The van der Waals surface area contributed by atoms with Gasteiger partial charge in [0.05, 0.1) is 12.7 Å². The molecule has 21 heavy (non-hydrogen) atoms. The van der Waals surface area contributed by atoms with E-state index in [1.54, 1.807) is 0 Å². The summed E-state index contributed by atoms with van der Waals surface area (Å²) in [6.45, 7) is 9.13. The van der Waals surface area contributed by atoms with Gasteiger partial charge in [-0.25, -0.2) is 0 Å². The van der Waals surface area contributed by atoms with Gasteiger partial charge in [-0.3, -0.25) is 0 Å². The fourth-order valence-electron chi connectivity index (χ4n) is 2.32. The van der Waals surface area contributed by atoms with Crippen LogP contribution in [0.15, 0.2) is 24.3 Å². The van der Waals surface area contributed by atoms with Gasteiger partial charge in [-0.2, -0.15) is 0 Å². The molecule has 120 valence electrons. The second kappa shape index (κ2) is 10.8. The van der Waals surface area contributed by atoms with E-state index in [-0.39, 0.29) is 0 Å². The Morgan fingerprint density at radius 2 is 1.90 bits per heavy atom. The number of rotatable bonds is 11. The molecule has 2 N–H and O–H groups in total. The van der Waals surface area contributed by atoms with Crippen molar-refractivity contribution in [1.82, 2.24) is 5.32 Å². The summed E-state index contributed by atoms with van der Waals surface area (Å²) in [4.78, 5) is 0. The van der Waals surface area contributed by atoms with Crippen molar-refractivity contribution in [2.75, 3.05) is 19.8 Å². The van der Waals surface area contributed by atoms with E-state index in [9.17, 15) is 5.11 Å². The molecular formula is C18H31NO2. The lowest BCUT2D eigenvalue weighted by Gasteiger charge is -2.14. The molecule has 0 saturated heterocycles. The molecule has 3 heteroatoms. The molecule has 1 unspecified atom stereocenters. The molecule has 0 fully saturated rings. The van der Waals surface area contributed by atoms with Crippen LogP contribution in [0.3, 0.4) is 0 Å². The Bertz CT molecular complexity index is 379. The average molecular weight is 293 g/mol. The van der Waals surface area contributed by atoms with Gasteiger partial charge in [-0.15, -0.1) is 0 Å². The Kier molecular flexibility index (Phi) is 9.31. The van der Waals surface area contributed by atoms with Gasteiger partial charge >= 0.3 is 0 Å². The van der Waals surface area contributed by atoms with E-state index in [2.05, 4.69) is 50.4 Å². The summed E-state index contributed by atoms with van der Waals surface area (Å²) in [6, 6.07) is 8.43. The van der Waals surface area contributed by atoms with Gasteiger partial charge in [0.15, 0.2) is 0 Å². The first-order valence-electron chi connectivity index (χ1n) is 8.16. The molecule has 0 radical (unpaired) electrons. The van der Waals surface area contributed by atoms with Gasteiger partial charge in [0, 0.05) is 19.7 Å². The third-order valence-electron chi connectivity index (χ3n) is 3.58. The molecule has 0 spiro atoms. The number of benzene rings is 1. The molecule has 0 amide bonds. The van der Waals surface area contributed by atoms with Crippen molar-refractivity contribution < 1.29 is 9.84 Å². The van der Waals surface area contributed by atoms with Crippen LogP contribution in [0.2, 0.25) is 0 Å². The molecule has 0 saturated carbocycles. The number of nitrogens with one attached hydrogen (secondary N) is 1. The minimum atomic E-state index is -0.433. The summed E-state index contributed by atoms with van der Waals surface area (Å²) in [5, 5.41) is 13.2. The zero-order valence-electron chi connectivity index (χ0n) is 13.8. The zero-order valence-corrected chi connectivity index (χ0v) is 13.8. The van der Waals surface area contributed by atoms with E-state index >= 15 is 0 Å². The summed E-state index contributed by atoms with van der Waals surface area (Å²) in [5.74, 6) is 0.721. The molecule has 1 atom stereocenters. The molecule has 0 aliphatic rings. The second-order valence-electron chi connectivity index (χ2n) is 6.02. The van der Waals surface area contributed by atoms with Crippen LogP contribution < -0.4 is 5.32 Å². The fourth-order valence-corrected chi connectivity index (χ4v) is 2.32.